The summed E-state index contributed by atoms with van der Waals surface area (Å²) >= 11 is 0. The van der Waals surface area contributed by atoms with Crippen LogP contribution < -0.4 is 10.6 Å². The number of hydrogen-bond donors (Lipinski definition) is 2. The molecule has 0 saturated heterocycles. The SMILES string of the molecule is Cc1cc(C(=O)NCC(=O)NC2CC2)n(C)n1. The second kappa shape index (κ2) is 4.57. The predicted octanol–water partition coefficient (Wildman–Crippen LogP) is -0.263. The Labute approximate surface area is 99.4 Å². The van der Waals surface area contributed by atoms with E-state index in [0.29, 0.717) is 11.7 Å². The summed E-state index contributed by atoms with van der Waals surface area (Å²) in [7, 11) is 1.70. The highest BCUT2D eigenvalue weighted by Gasteiger charge is 2.23. The van der Waals surface area contributed by atoms with Crippen LogP contribution in [0.3, 0.4) is 0 Å². The van der Waals surface area contributed by atoms with Gasteiger partial charge < -0.3 is 10.6 Å². The monoisotopic (exact) mass is 236 g/mol. The third-order valence-corrected chi connectivity index (χ3v) is 2.59. The van der Waals surface area contributed by atoms with E-state index in [2.05, 4.69) is 15.7 Å². The van der Waals surface area contributed by atoms with Crippen LogP contribution in [0.25, 0.3) is 0 Å². The zero-order valence-electron chi connectivity index (χ0n) is 9.99. The molecule has 1 aliphatic rings. The summed E-state index contributed by atoms with van der Waals surface area (Å²) in [6.07, 6.45) is 2.08. The van der Waals surface area contributed by atoms with Gasteiger partial charge >= 0.3 is 0 Å². The molecule has 0 spiro atoms. The summed E-state index contributed by atoms with van der Waals surface area (Å²) in [4.78, 5) is 23.1. The largest absolute Gasteiger partial charge is 0.352 e. The average Bonchev–Trinajstić information content (AvgIpc) is 3.00. The Hall–Kier alpha value is -1.85. The molecule has 0 atom stereocenters. The Morgan fingerprint density at radius 3 is 2.76 bits per heavy atom. The van der Waals surface area contributed by atoms with Gasteiger partial charge in [-0.1, -0.05) is 0 Å². The highest BCUT2D eigenvalue weighted by molar-refractivity contribution is 5.95. The van der Waals surface area contributed by atoms with E-state index < -0.39 is 0 Å². The standard InChI is InChI=1S/C11H16N4O2/c1-7-5-9(15(2)14-7)11(17)12-6-10(16)13-8-3-4-8/h5,8H,3-4,6H2,1-2H3,(H,12,17)(H,13,16). The van der Waals surface area contributed by atoms with Crippen molar-refractivity contribution in [1.29, 1.82) is 0 Å². The van der Waals surface area contributed by atoms with Crippen LogP contribution in [0, 0.1) is 6.92 Å². The zero-order valence-corrected chi connectivity index (χ0v) is 9.99. The van der Waals surface area contributed by atoms with Crippen molar-refractivity contribution in [1.82, 2.24) is 20.4 Å². The minimum Gasteiger partial charge on any atom is -0.352 e. The smallest absolute Gasteiger partial charge is 0.269 e. The molecule has 1 aromatic heterocycles. The summed E-state index contributed by atoms with van der Waals surface area (Å²) in [5.41, 5.74) is 1.24. The summed E-state index contributed by atoms with van der Waals surface area (Å²) < 4.78 is 1.50. The number of aromatic nitrogens is 2. The van der Waals surface area contributed by atoms with E-state index in [0.717, 1.165) is 18.5 Å². The lowest BCUT2D eigenvalue weighted by atomic mass is 10.3. The van der Waals surface area contributed by atoms with Gasteiger partial charge in [0.25, 0.3) is 5.91 Å². The molecule has 1 aromatic rings. The van der Waals surface area contributed by atoms with Crippen molar-refractivity contribution in [2.75, 3.05) is 6.54 Å². The van der Waals surface area contributed by atoms with Crippen LogP contribution in [0.4, 0.5) is 0 Å². The molecule has 17 heavy (non-hydrogen) atoms. The Bertz CT molecular complexity index is 448. The van der Waals surface area contributed by atoms with Crippen LogP contribution in [-0.4, -0.2) is 34.2 Å². The molecule has 6 heteroatoms. The summed E-state index contributed by atoms with van der Waals surface area (Å²) in [5.74, 6) is -0.418. The Morgan fingerprint density at radius 1 is 1.53 bits per heavy atom. The lowest BCUT2D eigenvalue weighted by molar-refractivity contribution is -0.120. The lowest BCUT2D eigenvalue weighted by Gasteiger charge is -2.05. The molecule has 1 saturated carbocycles. The van der Waals surface area contributed by atoms with Crippen molar-refractivity contribution in [3.63, 3.8) is 0 Å². The van der Waals surface area contributed by atoms with Crippen LogP contribution in [-0.2, 0) is 11.8 Å². The minimum absolute atomic E-state index is 0.0135. The van der Waals surface area contributed by atoms with Gasteiger partial charge in [0.15, 0.2) is 0 Å². The number of carbonyl (C=O) groups excluding carboxylic acids is 2. The first kappa shape index (κ1) is 11.6. The molecule has 0 aromatic carbocycles. The van der Waals surface area contributed by atoms with E-state index in [4.69, 9.17) is 0 Å². The third kappa shape index (κ3) is 3.05. The highest BCUT2D eigenvalue weighted by atomic mass is 16.2. The molecule has 2 rings (SSSR count). The first-order valence-electron chi connectivity index (χ1n) is 5.64. The van der Waals surface area contributed by atoms with Crippen molar-refractivity contribution < 1.29 is 9.59 Å². The molecule has 1 aliphatic carbocycles. The molecule has 0 radical (unpaired) electrons. The summed E-state index contributed by atoms with van der Waals surface area (Å²) in [5, 5.41) is 9.45. The molecule has 0 aliphatic heterocycles. The van der Waals surface area contributed by atoms with Crippen LogP contribution in [0.1, 0.15) is 29.0 Å². The Balaban J connectivity index is 1.84. The molecule has 1 heterocycles. The van der Waals surface area contributed by atoms with Gasteiger partial charge in [0.2, 0.25) is 5.91 Å². The van der Waals surface area contributed by atoms with E-state index >= 15 is 0 Å². The molecular formula is C11H16N4O2. The first-order chi connectivity index (χ1) is 8.06. The summed E-state index contributed by atoms with van der Waals surface area (Å²) in [6, 6.07) is 2.01. The molecule has 92 valence electrons. The van der Waals surface area contributed by atoms with Crippen LogP contribution in [0.15, 0.2) is 6.07 Å². The van der Waals surface area contributed by atoms with E-state index in [1.165, 1.54) is 4.68 Å². The Morgan fingerprint density at radius 2 is 2.24 bits per heavy atom. The second-order valence-electron chi connectivity index (χ2n) is 4.32. The zero-order chi connectivity index (χ0) is 12.4. The number of aryl methyl sites for hydroxylation is 2. The highest BCUT2D eigenvalue weighted by Crippen LogP contribution is 2.18. The number of carbonyl (C=O) groups is 2. The number of nitrogens with zero attached hydrogens (tertiary/aromatic N) is 2. The average molecular weight is 236 g/mol. The molecule has 0 unspecified atom stereocenters. The number of amides is 2. The van der Waals surface area contributed by atoms with Gasteiger partial charge in [-0.2, -0.15) is 5.10 Å². The minimum atomic E-state index is -0.279. The third-order valence-electron chi connectivity index (χ3n) is 2.59. The predicted molar refractivity (Wildman–Crippen MR) is 61.4 cm³/mol. The van der Waals surface area contributed by atoms with Gasteiger partial charge in [-0.05, 0) is 25.8 Å². The van der Waals surface area contributed by atoms with E-state index in [-0.39, 0.29) is 18.4 Å². The maximum absolute atomic E-state index is 11.7. The maximum atomic E-state index is 11.7. The van der Waals surface area contributed by atoms with E-state index in [9.17, 15) is 9.59 Å². The van der Waals surface area contributed by atoms with E-state index in [1.54, 1.807) is 13.1 Å². The van der Waals surface area contributed by atoms with Crippen LogP contribution >= 0.6 is 0 Å². The number of hydrogen-bond acceptors (Lipinski definition) is 3. The van der Waals surface area contributed by atoms with Crippen LogP contribution in [0.5, 0.6) is 0 Å². The second-order valence-corrected chi connectivity index (χ2v) is 4.32. The van der Waals surface area contributed by atoms with Gasteiger partial charge in [0.1, 0.15) is 5.69 Å². The van der Waals surface area contributed by atoms with Crippen molar-refractivity contribution in [2.24, 2.45) is 7.05 Å². The fourth-order valence-electron chi connectivity index (χ4n) is 1.58. The maximum Gasteiger partial charge on any atom is 0.269 e. The van der Waals surface area contributed by atoms with Gasteiger partial charge in [-0.3, -0.25) is 14.3 Å². The van der Waals surface area contributed by atoms with Crippen LogP contribution in [0.2, 0.25) is 0 Å². The van der Waals surface area contributed by atoms with Crippen molar-refractivity contribution in [2.45, 2.75) is 25.8 Å². The normalized spacial score (nSPS) is 14.5. The molecule has 0 bridgehead atoms. The topological polar surface area (TPSA) is 76.0 Å². The van der Waals surface area contributed by atoms with Crippen molar-refractivity contribution in [3.05, 3.63) is 17.5 Å². The molecule has 2 amide bonds. The number of nitrogens with one attached hydrogen (secondary N) is 2. The molecule has 1 fully saturated rings. The fourth-order valence-corrected chi connectivity index (χ4v) is 1.58. The van der Waals surface area contributed by atoms with Gasteiger partial charge in [-0.25, -0.2) is 0 Å². The first-order valence-corrected chi connectivity index (χ1v) is 5.64. The van der Waals surface area contributed by atoms with Gasteiger partial charge in [-0.15, -0.1) is 0 Å². The molecular weight excluding hydrogens is 220 g/mol. The van der Waals surface area contributed by atoms with Gasteiger partial charge in [0.05, 0.1) is 12.2 Å². The van der Waals surface area contributed by atoms with Gasteiger partial charge in [0, 0.05) is 13.1 Å². The van der Waals surface area contributed by atoms with E-state index in [1.807, 2.05) is 6.92 Å². The number of rotatable bonds is 4. The molecule has 2 N–H and O–H groups in total. The summed E-state index contributed by atoms with van der Waals surface area (Å²) in [6.45, 7) is 1.83. The van der Waals surface area contributed by atoms with Crippen molar-refractivity contribution >= 4 is 11.8 Å². The molecule has 6 nitrogen and oxygen atoms in total. The Kier molecular flexibility index (Phi) is 3.12. The fraction of sp³-hybridized carbons (Fsp3) is 0.545. The lowest BCUT2D eigenvalue weighted by Crippen LogP contribution is -2.38. The van der Waals surface area contributed by atoms with Crippen molar-refractivity contribution in [3.8, 4) is 0 Å². The quantitative estimate of drug-likeness (QED) is 0.756.